The number of hydrogen-bond donors (Lipinski definition) is 2. The van der Waals surface area contributed by atoms with E-state index < -0.39 is 31.0 Å². The summed E-state index contributed by atoms with van der Waals surface area (Å²) in [5.41, 5.74) is 5.59. The first-order chi connectivity index (χ1) is 12.5. The number of fused-ring (bicyclic) bond motifs is 1. The summed E-state index contributed by atoms with van der Waals surface area (Å²) in [5, 5.41) is 11.4. The largest absolute Gasteiger partial charge is 0.385 e. The summed E-state index contributed by atoms with van der Waals surface area (Å²) in [4.78, 5) is 12.3. The summed E-state index contributed by atoms with van der Waals surface area (Å²) in [6.45, 7) is 8.99. The van der Waals surface area contributed by atoms with Gasteiger partial charge < -0.3 is 29.4 Å². The van der Waals surface area contributed by atoms with E-state index in [9.17, 15) is 9.67 Å². The van der Waals surface area contributed by atoms with Crippen LogP contribution in [0, 0.1) is 0 Å². The van der Waals surface area contributed by atoms with E-state index in [1.807, 2.05) is 0 Å². The van der Waals surface area contributed by atoms with Gasteiger partial charge in [0, 0.05) is 7.11 Å². The number of ether oxygens (including phenoxy) is 2. The Morgan fingerprint density at radius 1 is 1.48 bits per heavy atom. The SMILES string of the molecule is C=C1[C@H](OCP(C)(C)=O)[C@@H](OC)[C@@](C)(O)[C@@H]1n1cnc2c(Cl)nc(N)nc21. The highest BCUT2D eigenvalue weighted by molar-refractivity contribution is 7.62. The molecule has 9 nitrogen and oxygen atoms in total. The molecule has 0 spiro atoms. The Morgan fingerprint density at radius 2 is 2.15 bits per heavy atom. The van der Waals surface area contributed by atoms with Gasteiger partial charge in [-0.25, -0.2) is 4.98 Å². The molecule has 3 rings (SSSR count). The summed E-state index contributed by atoms with van der Waals surface area (Å²) < 4.78 is 25.1. The van der Waals surface area contributed by atoms with E-state index in [2.05, 4.69) is 21.5 Å². The first kappa shape index (κ1) is 20.2. The lowest BCUT2D eigenvalue weighted by Crippen LogP contribution is -2.45. The molecule has 3 N–H and O–H groups in total. The maximum Gasteiger partial charge on any atom is 0.223 e. The molecule has 0 bridgehead atoms. The van der Waals surface area contributed by atoms with E-state index in [1.165, 1.54) is 13.4 Å². The zero-order valence-corrected chi connectivity index (χ0v) is 17.2. The van der Waals surface area contributed by atoms with Gasteiger partial charge in [-0.1, -0.05) is 18.2 Å². The number of nitrogen functional groups attached to an aromatic ring is 1. The molecule has 0 radical (unpaired) electrons. The minimum atomic E-state index is -2.43. The lowest BCUT2D eigenvalue weighted by atomic mass is 9.97. The number of rotatable bonds is 5. The Bertz CT molecular complexity index is 940. The Kier molecular flexibility index (Phi) is 5.12. The van der Waals surface area contributed by atoms with Crippen molar-refractivity contribution in [3.63, 3.8) is 0 Å². The van der Waals surface area contributed by atoms with Crippen molar-refractivity contribution in [3.05, 3.63) is 23.6 Å². The molecule has 2 heterocycles. The normalized spacial score (nSPS) is 29.0. The Labute approximate surface area is 161 Å². The van der Waals surface area contributed by atoms with Crippen molar-refractivity contribution in [2.24, 2.45) is 0 Å². The summed E-state index contributed by atoms with van der Waals surface area (Å²) in [5.74, 6) is -0.00787. The zero-order chi connectivity index (χ0) is 20.1. The van der Waals surface area contributed by atoms with Crippen molar-refractivity contribution in [2.45, 2.75) is 30.8 Å². The topological polar surface area (TPSA) is 125 Å². The van der Waals surface area contributed by atoms with Crippen LogP contribution in [0.2, 0.25) is 5.15 Å². The molecule has 4 atom stereocenters. The van der Waals surface area contributed by atoms with Gasteiger partial charge in [-0.3, -0.25) is 0 Å². The van der Waals surface area contributed by atoms with Crippen LogP contribution < -0.4 is 5.73 Å². The average molecular weight is 416 g/mol. The molecule has 0 aromatic carbocycles. The van der Waals surface area contributed by atoms with Gasteiger partial charge in [-0.05, 0) is 25.8 Å². The summed E-state index contributed by atoms with van der Waals surface area (Å²) in [6.07, 6.45) is 0.156. The number of aliphatic hydroxyl groups is 1. The van der Waals surface area contributed by atoms with Gasteiger partial charge in [0.15, 0.2) is 10.8 Å². The minimum absolute atomic E-state index is 0.00787. The standard InChI is InChI=1S/C16H23ClN5O4P/c1-8-10(26-7-27(4,5)24)12(25-3)16(2,23)11(8)22-6-19-9-13(17)20-15(18)21-14(9)22/h6,10-12,23H,1,7H2,2-5H3,(H2,18,20,21)/t10-,11+,12+,16-/m0/s1. The minimum Gasteiger partial charge on any atom is -0.385 e. The zero-order valence-electron chi connectivity index (χ0n) is 15.6. The highest BCUT2D eigenvalue weighted by atomic mass is 35.5. The number of anilines is 1. The molecule has 2 aromatic rings. The van der Waals surface area contributed by atoms with Crippen molar-refractivity contribution in [2.75, 3.05) is 32.5 Å². The van der Waals surface area contributed by atoms with Crippen LogP contribution >= 0.6 is 18.7 Å². The number of halogens is 1. The molecule has 1 fully saturated rings. The predicted octanol–water partition coefficient (Wildman–Crippen LogP) is 1.90. The first-order valence-corrected chi connectivity index (χ1v) is 11.4. The van der Waals surface area contributed by atoms with Crippen LogP contribution in [0.4, 0.5) is 5.95 Å². The third-order valence-corrected chi connectivity index (χ3v) is 5.65. The molecule has 27 heavy (non-hydrogen) atoms. The lowest BCUT2D eigenvalue weighted by molar-refractivity contribution is -0.115. The maximum absolute atomic E-state index is 12.1. The van der Waals surface area contributed by atoms with Gasteiger partial charge in [-0.2, -0.15) is 9.97 Å². The van der Waals surface area contributed by atoms with Crippen LogP contribution in [0.3, 0.4) is 0 Å². The Morgan fingerprint density at radius 3 is 2.74 bits per heavy atom. The Balaban J connectivity index is 2.07. The predicted molar refractivity (Wildman–Crippen MR) is 104 cm³/mol. The number of nitrogens with two attached hydrogens (primary N) is 1. The molecule has 1 aliphatic carbocycles. The van der Waals surface area contributed by atoms with Gasteiger partial charge in [-0.15, -0.1) is 0 Å². The van der Waals surface area contributed by atoms with E-state index in [1.54, 1.807) is 24.8 Å². The molecule has 0 saturated heterocycles. The second-order valence-electron chi connectivity index (χ2n) is 7.35. The summed E-state index contributed by atoms with van der Waals surface area (Å²) >= 11 is 6.10. The van der Waals surface area contributed by atoms with Crippen molar-refractivity contribution in [3.8, 4) is 0 Å². The van der Waals surface area contributed by atoms with E-state index in [4.69, 9.17) is 26.8 Å². The highest BCUT2D eigenvalue weighted by Gasteiger charge is 2.56. The fraction of sp³-hybridized carbons (Fsp3) is 0.562. The van der Waals surface area contributed by atoms with Crippen LogP contribution in [0.1, 0.15) is 13.0 Å². The molecule has 0 unspecified atom stereocenters. The second-order valence-corrected chi connectivity index (χ2v) is 11.1. The smallest absolute Gasteiger partial charge is 0.223 e. The van der Waals surface area contributed by atoms with Crippen molar-refractivity contribution in [1.82, 2.24) is 19.5 Å². The van der Waals surface area contributed by atoms with E-state index in [0.717, 1.165) is 0 Å². The number of hydrogen-bond acceptors (Lipinski definition) is 8. The lowest BCUT2D eigenvalue weighted by Gasteiger charge is -2.31. The highest BCUT2D eigenvalue weighted by Crippen LogP contribution is 2.48. The molecule has 1 saturated carbocycles. The van der Waals surface area contributed by atoms with Crippen LogP contribution in [0.5, 0.6) is 0 Å². The molecule has 1 aliphatic rings. The fourth-order valence-corrected chi connectivity index (χ4v) is 4.29. The molecule has 2 aromatic heterocycles. The van der Waals surface area contributed by atoms with Gasteiger partial charge in [0.25, 0.3) is 0 Å². The van der Waals surface area contributed by atoms with E-state index >= 15 is 0 Å². The quantitative estimate of drug-likeness (QED) is 0.431. The molecule has 0 aliphatic heterocycles. The number of aromatic nitrogens is 4. The second kappa shape index (κ2) is 6.83. The average Bonchev–Trinajstić information content (AvgIpc) is 3.00. The molecular formula is C16H23ClN5O4P. The summed E-state index contributed by atoms with van der Waals surface area (Å²) in [6, 6.07) is -0.670. The van der Waals surface area contributed by atoms with Crippen molar-refractivity contribution in [1.29, 1.82) is 0 Å². The third-order valence-electron chi connectivity index (χ3n) is 4.61. The first-order valence-electron chi connectivity index (χ1n) is 8.22. The number of methoxy groups -OCH3 is 1. The molecule has 148 valence electrons. The van der Waals surface area contributed by atoms with Gasteiger partial charge in [0.05, 0.1) is 12.4 Å². The summed E-state index contributed by atoms with van der Waals surface area (Å²) in [7, 11) is -0.952. The van der Waals surface area contributed by atoms with Crippen LogP contribution in [-0.4, -0.2) is 69.2 Å². The molecule has 11 heteroatoms. The Hall–Kier alpha value is -1.51. The van der Waals surface area contributed by atoms with Gasteiger partial charge in [0.1, 0.15) is 36.8 Å². The molecule has 0 amide bonds. The van der Waals surface area contributed by atoms with E-state index in [0.29, 0.717) is 16.7 Å². The number of nitrogens with zero attached hydrogens (tertiary/aromatic N) is 4. The number of imidazole rings is 1. The van der Waals surface area contributed by atoms with Crippen molar-refractivity contribution >= 4 is 35.9 Å². The van der Waals surface area contributed by atoms with Gasteiger partial charge >= 0.3 is 0 Å². The van der Waals surface area contributed by atoms with Crippen LogP contribution in [0.15, 0.2) is 18.5 Å². The molecular weight excluding hydrogens is 393 g/mol. The van der Waals surface area contributed by atoms with E-state index in [-0.39, 0.29) is 17.4 Å². The third kappa shape index (κ3) is 3.50. The van der Waals surface area contributed by atoms with Crippen molar-refractivity contribution < 1.29 is 19.1 Å². The van der Waals surface area contributed by atoms with Crippen LogP contribution in [-0.2, 0) is 14.0 Å². The monoisotopic (exact) mass is 415 g/mol. The van der Waals surface area contributed by atoms with Gasteiger partial charge in [0.2, 0.25) is 5.95 Å². The fourth-order valence-electron chi connectivity index (χ4n) is 3.55. The van der Waals surface area contributed by atoms with Crippen LogP contribution in [0.25, 0.3) is 11.2 Å². The maximum atomic E-state index is 12.1.